The molecule has 1 N–H and O–H groups in total. The summed E-state index contributed by atoms with van der Waals surface area (Å²) in [6, 6.07) is 14.7. The van der Waals surface area contributed by atoms with Gasteiger partial charge >= 0.3 is 0 Å². The van der Waals surface area contributed by atoms with Gasteiger partial charge in [-0.2, -0.15) is 0 Å². The van der Waals surface area contributed by atoms with E-state index in [0.29, 0.717) is 5.75 Å². The molecule has 0 aliphatic heterocycles. The quantitative estimate of drug-likeness (QED) is 0.871. The Bertz CT molecular complexity index is 505. The van der Waals surface area contributed by atoms with Gasteiger partial charge in [0.2, 0.25) is 6.86 Å². The average Bonchev–Trinajstić information content (AvgIpc) is 2.44. The fourth-order valence-corrected chi connectivity index (χ4v) is 2.23. The summed E-state index contributed by atoms with van der Waals surface area (Å²) in [5.74, 6) is 1.07. The molecule has 0 saturated heterocycles. The molecule has 0 bridgehead atoms. The minimum atomic E-state index is -0.811. The number of phenolic OH excluding ortho intramolecular Hbond substituents is 1. The van der Waals surface area contributed by atoms with E-state index in [1.165, 1.54) is 0 Å². The Morgan fingerprint density at radius 1 is 1.00 bits per heavy atom. The van der Waals surface area contributed by atoms with E-state index in [1.54, 1.807) is 24.3 Å². The summed E-state index contributed by atoms with van der Waals surface area (Å²) in [5.41, 5.74) is 2.30. The summed E-state index contributed by atoms with van der Waals surface area (Å²) < 4.78 is 16.9. The Morgan fingerprint density at radius 3 is 2.00 bits per heavy atom. The third-order valence-electron chi connectivity index (χ3n) is 3.21. The van der Waals surface area contributed by atoms with Gasteiger partial charge in [0.1, 0.15) is 11.5 Å². The SMILES string of the molecule is CCC(c1ccc(O)cc1)c1ccc(OCF)cc1. The van der Waals surface area contributed by atoms with Crippen molar-refractivity contribution in [3.63, 3.8) is 0 Å². The summed E-state index contributed by atoms with van der Waals surface area (Å²) in [5, 5.41) is 9.33. The van der Waals surface area contributed by atoms with E-state index in [4.69, 9.17) is 4.74 Å². The second kappa shape index (κ2) is 6.23. The van der Waals surface area contributed by atoms with Crippen LogP contribution in [0.4, 0.5) is 4.39 Å². The highest BCUT2D eigenvalue weighted by molar-refractivity contribution is 5.37. The Kier molecular flexibility index (Phi) is 4.39. The smallest absolute Gasteiger partial charge is 0.228 e. The molecule has 1 unspecified atom stereocenters. The molecule has 0 heterocycles. The van der Waals surface area contributed by atoms with Crippen molar-refractivity contribution in [2.24, 2.45) is 0 Å². The summed E-state index contributed by atoms with van der Waals surface area (Å²) in [7, 11) is 0. The molecule has 0 fully saturated rings. The topological polar surface area (TPSA) is 29.5 Å². The first-order valence-electron chi connectivity index (χ1n) is 6.32. The van der Waals surface area contributed by atoms with Gasteiger partial charge in [-0.15, -0.1) is 0 Å². The number of aromatic hydroxyl groups is 1. The summed E-state index contributed by atoms with van der Waals surface area (Å²) in [4.78, 5) is 0. The van der Waals surface area contributed by atoms with E-state index >= 15 is 0 Å². The number of hydrogen-bond donors (Lipinski definition) is 1. The molecule has 2 aromatic rings. The molecule has 0 spiro atoms. The van der Waals surface area contributed by atoms with Crippen LogP contribution in [0.5, 0.6) is 11.5 Å². The van der Waals surface area contributed by atoms with Gasteiger partial charge in [0.25, 0.3) is 0 Å². The number of rotatable bonds is 5. The predicted molar refractivity (Wildman–Crippen MR) is 73.3 cm³/mol. The lowest BCUT2D eigenvalue weighted by molar-refractivity contribution is 0.191. The molecule has 2 nitrogen and oxygen atoms in total. The summed E-state index contributed by atoms with van der Waals surface area (Å²) in [6.45, 7) is 1.30. The molecule has 2 aromatic carbocycles. The predicted octanol–water partition coefficient (Wildman–Crippen LogP) is 4.24. The maximum Gasteiger partial charge on any atom is 0.228 e. The molecule has 0 aromatic heterocycles. The van der Waals surface area contributed by atoms with E-state index in [-0.39, 0.29) is 11.7 Å². The highest BCUT2D eigenvalue weighted by Gasteiger charge is 2.12. The lowest BCUT2D eigenvalue weighted by Gasteiger charge is -2.16. The third-order valence-corrected chi connectivity index (χ3v) is 3.21. The molecular weight excluding hydrogens is 243 g/mol. The highest BCUT2D eigenvalue weighted by Crippen LogP contribution is 2.30. The summed E-state index contributed by atoms with van der Waals surface area (Å²) >= 11 is 0. The van der Waals surface area contributed by atoms with Crippen LogP contribution in [-0.2, 0) is 0 Å². The van der Waals surface area contributed by atoms with Crippen molar-refractivity contribution in [2.45, 2.75) is 19.3 Å². The first-order valence-corrected chi connectivity index (χ1v) is 6.32. The average molecular weight is 260 g/mol. The van der Waals surface area contributed by atoms with Gasteiger partial charge < -0.3 is 9.84 Å². The number of halogens is 1. The van der Waals surface area contributed by atoms with Gasteiger partial charge in [0, 0.05) is 5.92 Å². The Hall–Kier alpha value is -2.03. The zero-order chi connectivity index (χ0) is 13.7. The van der Waals surface area contributed by atoms with Crippen molar-refractivity contribution in [3.8, 4) is 11.5 Å². The van der Waals surface area contributed by atoms with Crippen molar-refractivity contribution in [2.75, 3.05) is 6.86 Å². The fraction of sp³-hybridized carbons (Fsp3) is 0.250. The monoisotopic (exact) mass is 260 g/mol. The molecule has 100 valence electrons. The minimum Gasteiger partial charge on any atom is -0.508 e. The number of phenols is 1. The van der Waals surface area contributed by atoms with E-state index < -0.39 is 6.86 Å². The van der Waals surface area contributed by atoms with Gasteiger partial charge in [-0.1, -0.05) is 31.2 Å². The van der Waals surface area contributed by atoms with Crippen LogP contribution >= 0.6 is 0 Å². The molecule has 3 heteroatoms. The molecule has 1 atom stereocenters. The highest BCUT2D eigenvalue weighted by atomic mass is 19.1. The first-order chi connectivity index (χ1) is 9.24. The van der Waals surface area contributed by atoms with Gasteiger partial charge in [0.05, 0.1) is 0 Å². The van der Waals surface area contributed by atoms with Crippen LogP contribution < -0.4 is 4.74 Å². The van der Waals surface area contributed by atoms with Crippen molar-refractivity contribution in [1.82, 2.24) is 0 Å². The van der Waals surface area contributed by atoms with Crippen molar-refractivity contribution < 1.29 is 14.2 Å². The largest absolute Gasteiger partial charge is 0.508 e. The number of ether oxygens (including phenoxy) is 1. The Balaban J connectivity index is 2.23. The van der Waals surface area contributed by atoms with Crippen LogP contribution in [0.25, 0.3) is 0 Å². The second-order valence-corrected chi connectivity index (χ2v) is 4.37. The van der Waals surface area contributed by atoms with E-state index in [2.05, 4.69) is 6.92 Å². The Labute approximate surface area is 112 Å². The summed E-state index contributed by atoms with van der Waals surface area (Å²) in [6.07, 6.45) is 0.952. The van der Waals surface area contributed by atoms with Gasteiger partial charge in [0.15, 0.2) is 0 Å². The molecule has 0 radical (unpaired) electrons. The number of hydrogen-bond acceptors (Lipinski definition) is 2. The molecule has 0 saturated carbocycles. The van der Waals surface area contributed by atoms with Crippen LogP contribution in [0.3, 0.4) is 0 Å². The van der Waals surface area contributed by atoms with Crippen molar-refractivity contribution >= 4 is 0 Å². The maximum atomic E-state index is 12.1. The fourth-order valence-electron chi connectivity index (χ4n) is 2.23. The normalized spacial score (nSPS) is 12.1. The van der Waals surface area contributed by atoms with Gasteiger partial charge in [-0.3, -0.25) is 0 Å². The molecular formula is C16H17FO2. The zero-order valence-corrected chi connectivity index (χ0v) is 10.8. The van der Waals surface area contributed by atoms with E-state index in [1.807, 2.05) is 24.3 Å². The third kappa shape index (κ3) is 3.25. The van der Waals surface area contributed by atoms with Crippen LogP contribution in [0.15, 0.2) is 48.5 Å². The minimum absolute atomic E-state index is 0.264. The van der Waals surface area contributed by atoms with Crippen molar-refractivity contribution in [1.29, 1.82) is 0 Å². The van der Waals surface area contributed by atoms with Crippen LogP contribution in [0.1, 0.15) is 30.4 Å². The number of alkyl halides is 1. The van der Waals surface area contributed by atoms with Crippen LogP contribution in [0.2, 0.25) is 0 Å². The number of benzene rings is 2. The lowest BCUT2D eigenvalue weighted by atomic mass is 9.89. The van der Waals surface area contributed by atoms with Crippen LogP contribution in [0, 0.1) is 0 Å². The van der Waals surface area contributed by atoms with Crippen LogP contribution in [-0.4, -0.2) is 12.0 Å². The molecule has 2 rings (SSSR count). The second-order valence-electron chi connectivity index (χ2n) is 4.37. The van der Waals surface area contributed by atoms with Crippen molar-refractivity contribution in [3.05, 3.63) is 59.7 Å². The van der Waals surface area contributed by atoms with Gasteiger partial charge in [-0.25, -0.2) is 4.39 Å². The standard InChI is InChI=1S/C16H17FO2/c1-2-16(12-3-7-14(18)8-4-12)13-5-9-15(10-6-13)19-11-17/h3-10,16,18H,2,11H2,1H3. The molecule has 0 aliphatic carbocycles. The van der Waals surface area contributed by atoms with E-state index in [9.17, 15) is 9.50 Å². The first kappa shape index (κ1) is 13.4. The van der Waals surface area contributed by atoms with Gasteiger partial charge in [-0.05, 0) is 41.8 Å². The lowest BCUT2D eigenvalue weighted by Crippen LogP contribution is -1.99. The molecule has 19 heavy (non-hydrogen) atoms. The maximum absolute atomic E-state index is 12.1. The Morgan fingerprint density at radius 2 is 1.53 bits per heavy atom. The zero-order valence-electron chi connectivity index (χ0n) is 10.8. The molecule has 0 amide bonds. The van der Waals surface area contributed by atoms with E-state index in [0.717, 1.165) is 17.5 Å². The molecule has 0 aliphatic rings.